The Hall–Kier alpha value is -3.27. The Morgan fingerprint density at radius 3 is 2.50 bits per heavy atom. The summed E-state index contributed by atoms with van der Waals surface area (Å²) in [6.07, 6.45) is 1.82. The zero-order valence-electron chi connectivity index (χ0n) is 18.2. The summed E-state index contributed by atoms with van der Waals surface area (Å²) in [7, 11) is 0. The predicted molar refractivity (Wildman–Crippen MR) is 131 cm³/mol. The number of carbonyl (C=O) groups excluding carboxylic acids is 2. The first kappa shape index (κ1) is 22.5. The topological polar surface area (TPSA) is 101 Å². The first-order chi connectivity index (χ1) is 16.2. The Morgan fingerprint density at radius 2 is 1.85 bits per heavy atom. The first-order valence-corrected chi connectivity index (χ1v) is 11.8. The molecule has 3 aromatic heterocycles. The van der Waals surface area contributed by atoms with E-state index in [1.165, 1.54) is 4.90 Å². The molecule has 4 heterocycles. The van der Waals surface area contributed by atoms with E-state index in [2.05, 4.69) is 15.2 Å². The van der Waals surface area contributed by atoms with E-state index in [0.717, 1.165) is 16.9 Å². The van der Waals surface area contributed by atoms with E-state index >= 15 is 0 Å². The summed E-state index contributed by atoms with van der Waals surface area (Å²) >= 11 is 13.5. The molecule has 0 spiro atoms. The van der Waals surface area contributed by atoms with Gasteiger partial charge in [0.15, 0.2) is 5.76 Å². The zero-order valence-corrected chi connectivity index (χ0v) is 20.5. The molecule has 11 heteroatoms. The number of nitrogens with zero attached hydrogens (tertiary/aromatic N) is 5. The standard InChI is InChI=1S/C23H17Cl2N5O3S/c1-10-5-4-8-29-11(2)17(26-21(10)29)19(31)16-18(13-6-7-14(24)15(25)9-13)30(22(33)20(16)32)23-28-27-12(3)34-23/h4-9,18,31H,1-3H3/b19-16+. The lowest BCUT2D eigenvalue weighted by atomic mass is 9.96. The highest BCUT2D eigenvalue weighted by atomic mass is 35.5. The summed E-state index contributed by atoms with van der Waals surface area (Å²) in [5.41, 5.74) is 2.76. The Bertz CT molecular complexity index is 1540. The number of benzene rings is 1. The number of hydrogen-bond acceptors (Lipinski definition) is 7. The Kier molecular flexibility index (Phi) is 5.43. The van der Waals surface area contributed by atoms with Gasteiger partial charge in [-0.25, -0.2) is 4.98 Å². The number of anilines is 1. The average Bonchev–Trinajstić information content (AvgIpc) is 3.45. The molecule has 1 aromatic carbocycles. The molecule has 0 radical (unpaired) electrons. The van der Waals surface area contributed by atoms with Gasteiger partial charge < -0.3 is 9.51 Å². The van der Waals surface area contributed by atoms with E-state index in [4.69, 9.17) is 23.2 Å². The third-order valence-corrected chi connectivity index (χ3v) is 7.31. The first-order valence-electron chi connectivity index (χ1n) is 10.2. The molecular weight excluding hydrogens is 497 g/mol. The lowest BCUT2D eigenvalue weighted by molar-refractivity contribution is -0.132. The van der Waals surface area contributed by atoms with E-state index in [0.29, 0.717) is 26.9 Å². The van der Waals surface area contributed by atoms with Crippen molar-refractivity contribution in [2.45, 2.75) is 26.8 Å². The number of aliphatic hydroxyl groups is 1. The van der Waals surface area contributed by atoms with Gasteiger partial charge in [-0.2, -0.15) is 0 Å². The lowest BCUT2D eigenvalue weighted by Gasteiger charge is -2.22. The second-order valence-corrected chi connectivity index (χ2v) is 9.85. The molecule has 1 aliphatic heterocycles. The number of hydrogen-bond donors (Lipinski definition) is 1. The molecule has 1 saturated heterocycles. The summed E-state index contributed by atoms with van der Waals surface area (Å²) in [6.45, 7) is 5.43. The van der Waals surface area contributed by atoms with Crippen molar-refractivity contribution in [3.8, 4) is 0 Å². The number of rotatable bonds is 3. The molecule has 0 saturated carbocycles. The van der Waals surface area contributed by atoms with Crippen molar-refractivity contribution in [1.29, 1.82) is 0 Å². The van der Waals surface area contributed by atoms with E-state index in [1.807, 2.05) is 29.7 Å². The van der Waals surface area contributed by atoms with Crippen molar-refractivity contribution >= 4 is 62.8 Å². The van der Waals surface area contributed by atoms with Gasteiger partial charge in [-0.05, 0) is 50.1 Å². The largest absolute Gasteiger partial charge is 0.505 e. The van der Waals surface area contributed by atoms with Crippen molar-refractivity contribution in [3.63, 3.8) is 0 Å². The Balaban J connectivity index is 1.78. The van der Waals surface area contributed by atoms with Crippen LogP contribution in [0.1, 0.15) is 33.6 Å². The number of ketones is 1. The van der Waals surface area contributed by atoms with Crippen molar-refractivity contribution in [3.05, 3.63) is 79.7 Å². The van der Waals surface area contributed by atoms with Crippen LogP contribution in [-0.4, -0.2) is 36.4 Å². The highest BCUT2D eigenvalue weighted by Crippen LogP contribution is 2.44. The van der Waals surface area contributed by atoms with Crippen LogP contribution in [0.15, 0.2) is 42.1 Å². The molecule has 1 fully saturated rings. The zero-order chi connectivity index (χ0) is 24.3. The van der Waals surface area contributed by atoms with Crippen LogP contribution in [0.2, 0.25) is 10.0 Å². The highest BCUT2D eigenvalue weighted by molar-refractivity contribution is 7.15. The van der Waals surface area contributed by atoms with Gasteiger partial charge in [-0.15, -0.1) is 10.2 Å². The van der Waals surface area contributed by atoms with E-state index in [1.54, 1.807) is 32.0 Å². The number of imidazole rings is 1. The van der Waals surface area contributed by atoms with Gasteiger partial charge in [-0.1, -0.05) is 46.7 Å². The van der Waals surface area contributed by atoms with E-state index in [-0.39, 0.29) is 27.2 Å². The predicted octanol–water partition coefficient (Wildman–Crippen LogP) is 5.04. The maximum atomic E-state index is 13.3. The SMILES string of the molecule is Cc1nnc(N2C(=O)C(=O)/C(=C(/O)c3nc4c(C)cccn4c3C)C2c2ccc(Cl)c(Cl)c2)s1. The Morgan fingerprint density at radius 1 is 1.09 bits per heavy atom. The molecule has 1 aliphatic rings. The van der Waals surface area contributed by atoms with Gasteiger partial charge in [0.1, 0.15) is 16.3 Å². The van der Waals surface area contributed by atoms with Crippen molar-refractivity contribution in [2.24, 2.45) is 0 Å². The monoisotopic (exact) mass is 513 g/mol. The third kappa shape index (κ3) is 3.39. The summed E-state index contributed by atoms with van der Waals surface area (Å²) in [5, 5.41) is 20.9. The third-order valence-electron chi connectivity index (χ3n) is 5.73. The quantitative estimate of drug-likeness (QED) is 0.234. The maximum absolute atomic E-state index is 13.3. The minimum Gasteiger partial charge on any atom is -0.505 e. The number of Topliss-reactive ketones (excluding diaryl/α,β-unsaturated/α-hetero) is 1. The summed E-state index contributed by atoms with van der Waals surface area (Å²) in [4.78, 5) is 32.3. The van der Waals surface area contributed by atoms with Crippen LogP contribution in [0.5, 0.6) is 0 Å². The molecule has 0 aliphatic carbocycles. The summed E-state index contributed by atoms with van der Waals surface area (Å²) in [5.74, 6) is -2.06. The van der Waals surface area contributed by atoms with Gasteiger partial charge in [-0.3, -0.25) is 14.5 Å². The highest BCUT2D eigenvalue weighted by Gasteiger charge is 2.48. The molecule has 0 bridgehead atoms. The second kappa shape index (κ2) is 8.19. The van der Waals surface area contributed by atoms with Gasteiger partial charge in [0.05, 0.1) is 27.4 Å². The van der Waals surface area contributed by atoms with Crippen molar-refractivity contribution in [2.75, 3.05) is 4.90 Å². The molecule has 34 heavy (non-hydrogen) atoms. The van der Waals surface area contributed by atoms with Crippen LogP contribution in [0.25, 0.3) is 11.4 Å². The number of fused-ring (bicyclic) bond motifs is 1. The normalized spacial score (nSPS) is 17.8. The number of pyridine rings is 1. The van der Waals surface area contributed by atoms with Crippen LogP contribution in [0.3, 0.4) is 0 Å². The minimum atomic E-state index is -0.993. The fourth-order valence-electron chi connectivity index (χ4n) is 4.09. The minimum absolute atomic E-state index is 0.111. The van der Waals surface area contributed by atoms with E-state index < -0.39 is 17.7 Å². The molecule has 172 valence electrons. The fraction of sp³-hybridized carbons (Fsp3) is 0.174. The summed E-state index contributed by atoms with van der Waals surface area (Å²) in [6, 6.07) is 7.57. The molecule has 1 amide bonds. The number of amides is 1. The van der Waals surface area contributed by atoms with Crippen LogP contribution in [0, 0.1) is 20.8 Å². The van der Waals surface area contributed by atoms with Crippen LogP contribution in [-0.2, 0) is 9.59 Å². The maximum Gasteiger partial charge on any atom is 0.301 e. The van der Waals surface area contributed by atoms with Gasteiger partial charge >= 0.3 is 5.91 Å². The lowest BCUT2D eigenvalue weighted by Crippen LogP contribution is -2.29. The van der Waals surface area contributed by atoms with Crippen molar-refractivity contribution in [1.82, 2.24) is 19.6 Å². The fourth-order valence-corrected chi connectivity index (χ4v) is 5.11. The number of halogens is 2. The van der Waals surface area contributed by atoms with Crippen LogP contribution >= 0.6 is 34.5 Å². The number of carbonyl (C=O) groups is 2. The van der Waals surface area contributed by atoms with Crippen LogP contribution in [0.4, 0.5) is 5.13 Å². The molecule has 5 rings (SSSR count). The van der Waals surface area contributed by atoms with Gasteiger partial charge in [0.25, 0.3) is 5.78 Å². The molecule has 1 atom stereocenters. The molecule has 1 N–H and O–H groups in total. The number of aliphatic hydroxyl groups excluding tert-OH is 1. The second-order valence-electron chi connectivity index (χ2n) is 7.88. The van der Waals surface area contributed by atoms with Gasteiger partial charge in [0, 0.05) is 6.20 Å². The summed E-state index contributed by atoms with van der Waals surface area (Å²) < 4.78 is 1.82. The number of aryl methyl sites for hydroxylation is 3. The molecule has 4 aromatic rings. The van der Waals surface area contributed by atoms with Gasteiger partial charge in [0.2, 0.25) is 5.13 Å². The van der Waals surface area contributed by atoms with E-state index in [9.17, 15) is 14.7 Å². The molecular formula is C23H17Cl2N5O3S. The molecule has 8 nitrogen and oxygen atoms in total. The number of aromatic nitrogens is 4. The Labute approximate surface area is 208 Å². The smallest absolute Gasteiger partial charge is 0.301 e. The van der Waals surface area contributed by atoms with Crippen molar-refractivity contribution < 1.29 is 14.7 Å². The van der Waals surface area contributed by atoms with Crippen LogP contribution < -0.4 is 4.90 Å². The molecule has 1 unspecified atom stereocenters. The average molecular weight is 514 g/mol.